The Bertz CT molecular complexity index is 764. The first-order valence-corrected chi connectivity index (χ1v) is 9.64. The van der Waals surface area contributed by atoms with Crippen LogP contribution in [0, 0.1) is 0 Å². The van der Waals surface area contributed by atoms with Gasteiger partial charge in [0, 0.05) is 75.5 Å². The van der Waals surface area contributed by atoms with Crippen molar-refractivity contribution in [2.24, 2.45) is 0 Å². The van der Waals surface area contributed by atoms with E-state index < -0.39 is 0 Å². The van der Waals surface area contributed by atoms with Crippen LogP contribution in [-0.2, 0) is 6.54 Å². The summed E-state index contributed by atoms with van der Waals surface area (Å²) in [5, 5.41) is 3.38. The highest BCUT2D eigenvalue weighted by Gasteiger charge is 2.32. The van der Waals surface area contributed by atoms with E-state index in [1.807, 2.05) is 41.3 Å². The van der Waals surface area contributed by atoms with Crippen molar-refractivity contribution in [2.75, 3.05) is 51.6 Å². The van der Waals surface area contributed by atoms with Crippen LogP contribution in [0.15, 0.2) is 48.8 Å². The molecule has 2 saturated heterocycles. The van der Waals surface area contributed by atoms with Crippen LogP contribution < -0.4 is 5.32 Å². The number of carbonyl (C=O) groups excluding carboxylic acids is 1. The zero-order chi connectivity index (χ0) is 18.6. The summed E-state index contributed by atoms with van der Waals surface area (Å²) < 4.78 is 0. The van der Waals surface area contributed by atoms with E-state index in [0.717, 1.165) is 57.1 Å². The molecule has 0 unspecified atom stereocenters. The lowest BCUT2D eigenvalue weighted by molar-refractivity contribution is 0.0190. The Morgan fingerprint density at radius 2 is 1.78 bits per heavy atom. The summed E-state index contributed by atoms with van der Waals surface area (Å²) in [4.78, 5) is 23.8. The van der Waals surface area contributed by atoms with Gasteiger partial charge >= 0.3 is 0 Å². The van der Waals surface area contributed by atoms with E-state index in [-0.39, 0.29) is 5.91 Å². The van der Waals surface area contributed by atoms with Gasteiger partial charge in [-0.1, -0.05) is 0 Å². The van der Waals surface area contributed by atoms with E-state index in [0.29, 0.717) is 6.04 Å². The predicted octanol–water partition coefficient (Wildman–Crippen LogP) is 1.77. The van der Waals surface area contributed by atoms with Crippen molar-refractivity contribution in [2.45, 2.75) is 12.6 Å². The number of piperazine rings is 2. The summed E-state index contributed by atoms with van der Waals surface area (Å²) in [6, 6.07) is 12.3. The summed E-state index contributed by atoms with van der Waals surface area (Å²) in [5.41, 5.74) is 2.96. The number of pyridine rings is 1. The second kappa shape index (κ2) is 8.06. The van der Waals surface area contributed by atoms with Gasteiger partial charge in [-0.05, 0) is 49.0 Å². The molecule has 2 fully saturated rings. The molecular weight excluding hydrogens is 338 g/mol. The third-order valence-electron chi connectivity index (χ3n) is 5.56. The van der Waals surface area contributed by atoms with Gasteiger partial charge in [0.2, 0.25) is 0 Å². The molecule has 1 aromatic heterocycles. The molecule has 3 heterocycles. The Hall–Kier alpha value is -2.44. The summed E-state index contributed by atoms with van der Waals surface area (Å²) in [6.45, 7) is 6.65. The van der Waals surface area contributed by atoms with Crippen LogP contribution in [-0.4, -0.2) is 77.9 Å². The second-order valence-corrected chi connectivity index (χ2v) is 7.49. The average molecular weight is 365 g/mol. The lowest BCUT2D eigenvalue weighted by atomic mass is 10.1. The Balaban J connectivity index is 1.35. The van der Waals surface area contributed by atoms with Crippen LogP contribution in [0.1, 0.15) is 15.9 Å². The van der Waals surface area contributed by atoms with Gasteiger partial charge in [0.1, 0.15) is 0 Å². The summed E-state index contributed by atoms with van der Waals surface area (Å²) in [5.74, 6) is 0.142. The highest BCUT2D eigenvalue weighted by atomic mass is 16.2. The number of likely N-dealkylation sites (N-methyl/N-ethyl adjacent to an activating group) is 1. The molecular formula is C21H27N5O. The Morgan fingerprint density at radius 3 is 2.56 bits per heavy atom. The number of nitrogens with zero attached hydrogens (tertiary/aromatic N) is 4. The predicted molar refractivity (Wildman–Crippen MR) is 107 cm³/mol. The van der Waals surface area contributed by atoms with Crippen molar-refractivity contribution in [3.8, 4) is 0 Å². The number of amides is 1. The minimum Gasteiger partial charge on any atom is -0.381 e. The monoisotopic (exact) mass is 365 g/mol. The molecule has 4 rings (SSSR count). The fourth-order valence-electron chi connectivity index (χ4n) is 3.91. The number of rotatable bonds is 4. The molecule has 2 aliphatic rings. The van der Waals surface area contributed by atoms with Crippen LogP contribution in [0.3, 0.4) is 0 Å². The smallest absolute Gasteiger partial charge is 0.253 e. The zero-order valence-corrected chi connectivity index (χ0v) is 15.8. The lowest BCUT2D eigenvalue weighted by Gasteiger charge is -2.46. The SMILES string of the molecule is CN1CCN2CCN(C(=O)c3ccc(NCc4ccncc4)cc3)C[C@@H]2C1. The van der Waals surface area contributed by atoms with Gasteiger partial charge in [-0.25, -0.2) is 0 Å². The molecule has 2 aromatic rings. The maximum absolute atomic E-state index is 12.9. The maximum Gasteiger partial charge on any atom is 0.253 e. The average Bonchev–Trinajstić information content (AvgIpc) is 2.72. The third kappa shape index (κ3) is 4.28. The summed E-state index contributed by atoms with van der Waals surface area (Å²) in [7, 11) is 2.16. The van der Waals surface area contributed by atoms with E-state index >= 15 is 0 Å². The number of fused-ring (bicyclic) bond motifs is 1. The van der Waals surface area contributed by atoms with Crippen molar-refractivity contribution in [3.63, 3.8) is 0 Å². The molecule has 1 aromatic carbocycles. The Kier molecular flexibility index (Phi) is 5.36. The minimum absolute atomic E-state index is 0.142. The number of benzene rings is 1. The maximum atomic E-state index is 12.9. The molecule has 27 heavy (non-hydrogen) atoms. The van der Waals surface area contributed by atoms with E-state index in [1.54, 1.807) is 12.4 Å². The molecule has 6 heteroatoms. The summed E-state index contributed by atoms with van der Waals surface area (Å²) >= 11 is 0. The van der Waals surface area contributed by atoms with E-state index in [1.165, 1.54) is 5.56 Å². The first kappa shape index (κ1) is 17.9. The molecule has 0 saturated carbocycles. The zero-order valence-electron chi connectivity index (χ0n) is 15.8. The van der Waals surface area contributed by atoms with Gasteiger partial charge in [-0.3, -0.25) is 14.7 Å². The standard InChI is InChI=1S/C21H27N5O/c1-24-10-11-25-12-13-26(16-20(25)15-24)21(27)18-2-4-19(5-3-18)23-14-17-6-8-22-9-7-17/h2-9,20,23H,10-16H2,1H3/t20-/m0/s1. The lowest BCUT2D eigenvalue weighted by Crippen LogP contribution is -2.62. The molecule has 142 valence electrons. The molecule has 0 bridgehead atoms. The Morgan fingerprint density at radius 1 is 1.04 bits per heavy atom. The number of hydrogen-bond donors (Lipinski definition) is 1. The van der Waals surface area contributed by atoms with Crippen molar-refractivity contribution in [3.05, 3.63) is 59.9 Å². The fraction of sp³-hybridized carbons (Fsp3) is 0.429. The minimum atomic E-state index is 0.142. The molecule has 0 spiro atoms. The highest BCUT2D eigenvalue weighted by molar-refractivity contribution is 5.94. The second-order valence-electron chi connectivity index (χ2n) is 7.49. The molecule has 1 amide bonds. The first-order valence-electron chi connectivity index (χ1n) is 9.64. The molecule has 2 aliphatic heterocycles. The molecule has 6 nitrogen and oxygen atoms in total. The highest BCUT2D eigenvalue weighted by Crippen LogP contribution is 2.18. The van der Waals surface area contributed by atoms with Gasteiger partial charge in [0.25, 0.3) is 5.91 Å². The van der Waals surface area contributed by atoms with Crippen LogP contribution in [0.2, 0.25) is 0 Å². The van der Waals surface area contributed by atoms with Gasteiger partial charge in [0.05, 0.1) is 0 Å². The van der Waals surface area contributed by atoms with E-state index in [9.17, 15) is 4.79 Å². The molecule has 1 N–H and O–H groups in total. The van der Waals surface area contributed by atoms with Crippen molar-refractivity contribution in [1.29, 1.82) is 0 Å². The van der Waals surface area contributed by atoms with E-state index in [4.69, 9.17) is 0 Å². The van der Waals surface area contributed by atoms with Crippen molar-refractivity contribution in [1.82, 2.24) is 19.7 Å². The number of hydrogen-bond acceptors (Lipinski definition) is 5. The van der Waals surface area contributed by atoms with Crippen LogP contribution in [0.25, 0.3) is 0 Å². The topological polar surface area (TPSA) is 51.7 Å². The summed E-state index contributed by atoms with van der Waals surface area (Å²) in [6.07, 6.45) is 3.59. The normalized spacial score (nSPS) is 20.9. The van der Waals surface area contributed by atoms with Crippen LogP contribution >= 0.6 is 0 Å². The van der Waals surface area contributed by atoms with Gasteiger partial charge in [-0.15, -0.1) is 0 Å². The van der Waals surface area contributed by atoms with Crippen molar-refractivity contribution >= 4 is 11.6 Å². The molecule has 1 atom stereocenters. The van der Waals surface area contributed by atoms with Gasteiger partial charge in [0.15, 0.2) is 0 Å². The quantitative estimate of drug-likeness (QED) is 0.895. The third-order valence-corrected chi connectivity index (χ3v) is 5.56. The Labute approximate surface area is 160 Å². The number of aromatic nitrogens is 1. The molecule has 0 aliphatic carbocycles. The van der Waals surface area contributed by atoms with Gasteiger partial charge in [-0.2, -0.15) is 0 Å². The largest absolute Gasteiger partial charge is 0.381 e. The fourth-order valence-corrected chi connectivity index (χ4v) is 3.91. The molecule has 0 radical (unpaired) electrons. The number of carbonyl (C=O) groups is 1. The van der Waals surface area contributed by atoms with Crippen LogP contribution in [0.4, 0.5) is 5.69 Å². The van der Waals surface area contributed by atoms with Crippen molar-refractivity contribution < 1.29 is 4.79 Å². The number of anilines is 1. The number of nitrogens with one attached hydrogen (secondary N) is 1. The van der Waals surface area contributed by atoms with Crippen LogP contribution in [0.5, 0.6) is 0 Å². The first-order chi connectivity index (χ1) is 13.2. The van der Waals surface area contributed by atoms with E-state index in [2.05, 4.69) is 27.1 Å². The van der Waals surface area contributed by atoms with Gasteiger partial charge < -0.3 is 15.1 Å².